The molecule has 0 spiro atoms. The molecule has 0 bridgehead atoms. The van der Waals surface area contributed by atoms with E-state index in [-0.39, 0.29) is 11.9 Å². The van der Waals surface area contributed by atoms with Crippen LogP contribution in [0.2, 0.25) is 0 Å². The second-order valence-corrected chi connectivity index (χ2v) is 4.34. The third kappa shape index (κ3) is 3.17. The zero-order chi connectivity index (χ0) is 12.3. The van der Waals surface area contributed by atoms with Crippen molar-refractivity contribution in [2.75, 3.05) is 0 Å². The lowest BCUT2D eigenvalue weighted by molar-refractivity contribution is 0.565. The number of aryl methyl sites for hydroxylation is 1. The molecule has 1 aromatic heterocycles. The number of halogens is 1. The van der Waals surface area contributed by atoms with Crippen molar-refractivity contribution in [3.05, 3.63) is 59.7 Å². The molecule has 2 nitrogen and oxygen atoms in total. The molecule has 0 saturated carbocycles. The van der Waals surface area contributed by atoms with Crippen molar-refractivity contribution in [2.45, 2.75) is 19.5 Å². The van der Waals surface area contributed by atoms with Crippen LogP contribution in [0.15, 0.2) is 42.7 Å². The monoisotopic (exact) mass is 232 g/mol. The highest BCUT2D eigenvalue weighted by Crippen LogP contribution is 2.14. The second-order valence-electron chi connectivity index (χ2n) is 4.34. The van der Waals surface area contributed by atoms with Crippen molar-refractivity contribution in [3.8, 4) is 0 Å². The van der Waals surface area contributed by atoms with Gasteiger partial charge in [-0.3, -0.25) is 0 Å². The molecule has 2 rings (SSSR count). The van der Waals surface area contributed by atoms with E-state index in [0.717, 1.165) is 12.1 Å². The summed E-state index contributed by atoms with van der Waals surface area (Å²) < 4.78 is 15.1. The Hall–Kier alpha value is -1.61. The number of rotatable bonds is 4. The van der Waals surface area contributed by atoms with Crippen LogP contribution >= 0.6 is 0 Å². The fraction of sp³-hybridized carbons (Fsp3) is 0.286. The molecule has 0 aliphatic carbocycles. The largest absolute Gasteiger partial charge is 0.357 e. The van der Waals surface area contributed by atoms with Gasteiger partial charge in [-0.05, 0) is 36.2 Å². The molecule has 0 aliphatic heterocycles. The Balaban J connectivity index is 1.95. The van der Waals surface area contributed by atoms with E-state index in [2.05, 4.69) is 17.6 Å². The SMILES string of the molecule is C[C@@H](NCc1ccn(C)c1)c1cccc(F)c1. The van der Waals surface area contributed by atoms with Crippen molar-refractivity contribution in [2.24, 2.45) is 7.05 Å². The zero-order valence-electron chi connectivity index (χ0n) is 10.2. The molecule has 2 aromatic rings. The van der Waals surface area contributed by atoms with E-state index in [4.69, 9.17) is 0 Å². The van der Waals surface area contributed by atoms with E-state index in [1.54, 1.807) is 12.1 Å². The van der Waals surface area contributed by atoms with Crippen LogP contribution in [0.5, 0.6) is 0 Å². The first-order valence-corrected chi connectivity index (χ1v) is 5.75. The predicted molar refractivity (Wildman–Crippen MR) is 67.1 cm³/mol. The Morgan fingerprint density at radius 1 is 1.35 bits per heavy atom. The molecular weight excluding hydrogens is 215 g/mol. The van der Waals surface area contributed by atoms with Gasteiger partial charge in [-0.2, -0.15) is 0 Å². The summed E-state index contributed by atoms with van der Waals surface area (Å²) in [5.41, 5.74) is 2.21. The van der Waals surface area contributed by atoms with Crippen LogP contribution in [0.4, 0.5) is 4.39 Å². The zero-order valence-corrected chi connectivity index (χ0v) is 10.2. The molecule has 90 valence electrons. The van der Waals surface area contributed by atoms with Crippen molar-refractivity contribution in [3.63, 3.8) is 0 Å². The molecule has 0 unspecified atom stereocenters. The van der Waals surface area contributed by atoms with E-state index in [1.165, 1.54) is 11.6 Å². The van der Waals surface area contributed by atoms with E-state index in [9.17, 15) is 4.39 Å². The standard InChI is InChI=1S/C14H17FN2/c1-11(13-4-3-5-14(15)8-13)16-9-12-6-7-17(2)10-12/h3-8,10-11,16H,9H2,1-2H3/t11-/m1/s1. The summed E-state index contributed by atoms with van der Waals surface area (Å²) in [6, 6.07) is 8.93. The van der Waals surface area contributed by atoms with Crippen LogP contribution in [0.3, 0.4) is 0 Å². The van der Waals surface area contributed by atoms with Crippen LogP contribution in [0, 0.1) is 5.82 Å². The van der Waals surface area contributed by atoms with Gasteiger partial charge in [0.25, 0.3) is 0 Å². The fourth-order valence-electron chi connectivity index (χ4n) is 1.83. The third-order valence-corrected chi connectivity index (χ3v) is 2.85. The molecule has 1 aromatic carbocycles. The van der Waals surface area contributed by atoms with Gasteiger partial charge < -0.3 is 9.88 Å². The van der Waals surface area contributed by atoms with Crippen LogP contribution in [-0.2, 0) is 13.6 Å². The van der Waals surface area contributed by atoms with Gasteiger partial charge >= 0.3 is 0 Å². The van der Waals surface area contributed by atoms with Crippen molar-refractivity contribution >= 4 is 0 Å². The molecule has 1 N–H and O–H groups in total. The van der Waals surface area contributed by atoms with Crippen LogP contribution < -0.4 is 5.32 Å². The van der Waals surface area contributed by atoms with E-state index in [0.29, 0.717) is 0 Å². The smallest absolute Gasteiger partial charge is 0.123 e. The molecule has 17 heavy (non-hydrogen) atoms. The average Bonchev–Trinajstić information content (AvgIpc) is 2.72. The van der Waals surface area contributed by atoms with Gasteiger partial charge in [0.05, 0.1) is 0 Å². The highest BCUT2D eigenvalue weighted by atomic mass is 19.1. The Bertz CT molecular complexity index is 490. The van der Waals surface area contributed by atoms with Gasteiger partial charge in [-0.1, -0.05) is 12.1 Å². The maximum absolute atomic E-state index is 13.1. The summed E-state index contributed by atoms with van der Waals surface area (Å²) in [5.74, 6) is -0.184. The van der Waals surface area contributed by atoms with E-state index in [1.807, 2.05) is 30.8 Å². The minimum Gasteiger partial charge on any atom is -0.357 e. The first-order valence-electron chi connectivity index (χ1n) is 5.75. The summed E-state index contributed by atoms with van der Waals surface area (Å²) in [6.45, 7) is 2.83. The molecule has 0 fully saturated rings. The second kappa shape index (κ2) is 5.15. The Labute approximate surface area is 101 Å². The van der Waals surface area contributed by atoms with Gasteiger partial charge in [-0.15, -0.1) is 0 Å². The van der Waals surface area contributed by atoms with E-state index >= 15 is 0 Å². The number of hydrogen-bond donors (Lipinski definition) is 1. The number of benzene rings is 1. The number of nitrogens with one attached hydrogen (secondary N) is 1. The molecule has 1 heterocycles. The summed E-state index contributed by atoms with van der Waals surface area (Å²) >= 11 is 0. The molecular formula is C14H17FN2. The van der Waals surface area contributed by atoms with Gasteiger partial charge in [0, 0.05) is 32.0 Å². The summed E-state index contributed by atoms with van der Waals surface area (Å²) in [4.78, 5) is 0. The first-order chi connectivity index (χ1) is 8.15. The number of nitrogens with zero attached hydrogens (tertiary/aromatic N) is 1. The minimum atomic E-state index is -0.184. The lowest BCUT2D eigenvalue weighted by Gasteiger charge is -2.13. The summed E-state index contributed by atoms with van der Waals surface area (Å²) in [6.07, 6.45) is 4.09. The van der Waals surface area contributed by atoms with Crippen molar-refractivity contribution < 1.29 is 4.39 Å². The Kier molecular flexibility index (Phi) is 3.59. The lowest BCUT2D eigenvalue weighted by Crippen LogP contribution is -2.17. The molecule has 0 amide bonds. The van der Waals surface area contributed by atoms with Crippen molar-refractivity contribution in [1.29, 1.82) is 0 Å². The molecule has 0 saturated heterocycles. The van der Waals surface area contributed by atoms with Crippen LogP contribution in [-0.4, -0.2) is 4.57 Å². The first kappa shape index (κ1) is 11.9. The van der Waals surface area contributed by atoms with Gasteiger partial charge in [0.15, 0.2) is 0 Å². The topological polar surface area (TPSA) is 17.0 Å². The van der Waals surface area contributed by atoms with Gasteiger partial charge in [0.2, 0.25) is 0 Å². The average molecular weight is 232 g/mol. The van der Waals surface area contributed by atoms with E-state index < -0.39 is 0 Å². The number of aromatic nitrogens is 1. The lowest BCUT2D eigenvalue weighted by atomic mass is 10.1. The van der Waals surface area contributed by atoms with Crippen LogP contribution in [0.1, 0.15) is 24.1 Å². The van der Waals surface area contributed by atoms with Gasteiger partial charge in [-0.25, -0.2) is 4.39 Å². The Morgan fingerprint density at radius 3 is 2.82 bits per heavy atom. The maximum atomic E-state index is 13.1. The van der Waals surface area contributed by atoms with Gasteiger partial charge in [0.1, 0.15) is 5.82 Å². The summed E-state index contributed by atoms with van der Waals surface area (Å²) in [5, 5.41) is 3.38. The quantitative estimate of drug-likeness (QED) is 0.857. The predicted octanol–water partition coefficient (Wildman–Crippen LogP) is 3.02. The Morgan fingerprint density at radius 2 is 2.18 bits per heavy atom. The maximum Gasteiger partial charge on any atom is 0.123 e. The van der Waals surface area contributed by atoms with Crippen molar-refractivity contribution in [1.82, 2.24) is 9.88 Å². The molecule has 3 heteroatoms. The number of hydrogen-bond acceptors (Lipinski definition) is 1. The highest BCUT2D eigenvalue weighted by molar-refractivity contribution is 5.20. The third-order valence-electron chi connectivity index (χ3n) is 2.85. The molecule has 0 aliphatic rings. The minimum absolute atomic E-state index is 0.144. The molecule has 0 radical (unpaired) electrons. The normalized spacial score (nSPS) is 12.6. The highest BCUT2D eigenvalue weighted by Gasteiger charge is 2.05. The summed E-state index contributed by atoms with van der Waals surface area (Å²) in [7, 11) is 2.00. The van der Waals surface area contributed by atoms with Crippen LogP contribution in [0.25, 0.3) is 0 Å². The molecule has 1 atom stereocenters. The fourth-order valence-corrected chi connectivity index (χ4v) is 1.83.